The minimum atomic E-state index is -4.51. The molecule has 1 atom stereocenters. The third-order valence-corrected chi connectivity index (χ3v) is 8.64. The van der Waals surface area contributed by atoms with Crippen LogP contribution in [0.15, 0.2) is 71.2 Å². The summed E-state index contributed by atoms with van der Waals surface area (Å²) in [5.41, 5.74) is -0.0596. The van der Waals surface area contributed by atoms with Crippen LogP contribution < -0.4 is 9.62 Å². The fraction of sp³-hybridized carbons (Fsp3) is 0.240. The molecule has 2 aromatic carbocycles. The highest BCUT2D eigenvalue weighted by atomic mass is 32.2. The highest BCUT2D eigenvalue weighted by Gasteiger charge is 2.33. The van der Waals surface area contributed by atoms with E-state index in [2.05, 4.69) is 9.71 Å². The molecule has 39 heavy (non-hydrogen) atoms. The minimum absolute atomic E-state index is 0.00386. The molecule has 5 rings (SSSR count). The smallest absolute Gasteiger partial charge is 0.335 e. The van der Waals surface area contributed by atoms with Crippen LogP contribution >= 0.6 is 11.3 Å². The molecule has 0 radical (unpaired) electrons. The molecule has 1 fully saturated rings. The van der Waals surface area contributed by atoms with E-state index in [0.29, 0.717) is 11.1 Å². The summed E-state index contributed by atoms with van der Waals surface area (Å²) in [5.74, 6) is -0.761. The van der Waals surface area contributed by atoms with Crippen LogP contribution in [-0.2, 0) is 25.8 Å². The van der Waals surface area contributed by atoms with Crippen molar-refractivity contribution in [1.82, 2.24) is 14.5 Å². The molecule has 9 nitrogen and oxygen atoms in total. The van der Waals surface area contributed by atoms with Crippen LogP contribution in [0.25, 0.3) is 10.9 Å². The Morgan fingerprint density at radius 2 is 1.85 bits per heavy atom. The molecule has 2 amide bonds. The first-order chi connectivity index (χ1) is 18.4. The predicted molar refractivity (Wildman–Crippen MR) is 140 cm³/mol. The molecule has 3 heterocycles. The molecule has 0 unspecified atom stereocenters. The number of piperazine rings is 1. The van der Waals surface area contributed by atoms with Gasteiger partial charge in [-0.2, -0.15) is 13.2 Å². The summed E-state index contributed by atoms with van der Waals surface area (Å²) in [4.78, 5) is 32.9. The van der Waals surface area contributed by atoms with Crippen LogP contribution in [0.1, 0.15) is 18.5 Å². The van der Waals surface area contributed by atoms with Crippen LogP contribution in [0.5, 0.6) is 0 Å². The average Bonchev–Trinajstić information content (AvgIpc) is 3.56. The van der Waals surface area contributed by atoms with Gasteiger partial charge in [0.05, 0.1) is 10.5 Å². The number of carbonyl (C=O) groups is 2. The monoisotopic (exact) mass is 577 g/mol. The van der Waals surface area contributed by atoms with Crippen molar-refractivity contribution in [2.75, 3.05) is 29.3 Å². The van der Waals surface area contributed by atoms with Crippen molar-refractivity contribution in [3.05, 3.63) is 71.9 Å². The zero-order valence-electron chi connectivity index (χ0n) is 20.4. The molecule has 1 saturated heterocycles. The molecule has 0 aliphatic carbocycles. The molecular formula is C25H22F3N5O4S2. The summed E-state index contributed by atoms with van der Waals surface area (Å²) in [7, 11) is -3.85. The molecular weight excluding hydrogens is 555 g/mol. The third-order valence-electron chi connectivity index (χ3n) is 6.47. The molecule has 204 valence electrons. The number of aromatic nitrogens is 2. The second kappa shape index (κ2) is 10.0. The first kappa shape index (κ1) is 26.7. The SMILES string of the molecule is C[C@@H](C(=O)N1CCN(c2ccc(S(=O)(=O)Nc3nccs3)cc2)C(=O)C1)n1ccc2ccc(C(F)(F)F)cc21. The normalized spacial score (nSPS) is 15.5. The maximum absolute atomic E-state index is 13.2. The second-order valence-electron chi connectivity index (χ2n) is 8.91. The summed E-state index contributed by atoms with van der Waals surface area (Å²) < 4.78 is 68.6. The number of sulfonamides is 1. The van der Waals surface area contributed by atoms with Gasteiger partial charge < -0.3 is 14.4 Å². The van der Waals surface area contributed by atoms with E-state index in [-0.39, 0.29) is 41.1 Å². The fourth-order valence-corrected chi connectivity index (χ4v) is 6.22. The van der Waals surface area contributed by atoms with E-state index in [1.165, 1.54) is 50.9 Å². The van der Waals surface area contributed by atoms with Gasteiger partial charge in [0.25, 0.3) is 10.0 Å². The summed E-state index contributed by atoms with van der Waals surface area (Å²) in [6.45, 7) is 1.73. The zero-order chi connectivity index (χ0) is 27.9. The van der Waals surface area contributed by atoms with Gasteiger partial charge >= 0.3 is 6.18 Å². The molecule has 1 N–H and O–H groups in total. The number of thiazole rings is 1. The average molecular weight is 578 g/mol. The number of rotatable bonds is 6. The summed E-state index contributed by atoms with van der Waals surface area (Å²) in [5, 5.41) is 2.44. The predicted octanol–water partition coefficient (Wildman–Crippen LogP) is 4.35. The molecule has 0 bridgehead atoms. The van der Waals surface area contributed by atoms with Crippen LogP contribution in [0.2, 0.25) is 0 Å². The lowest BCUT2D eigenvalue weighted by molar-refractivity contribution is -0.139. The number of fused-ring (bicyclic) bond motifs is 1. The number of nitrogens with zero attached hydrogens (tertiary/aromatic N) is 4. The summed E-state index contributed by atoms with van der Waals surface area (Å²) in [6.07, 6.45) is -1.48. The van der Waals surface area contributed by atoms with Crippen molar-refractivity contribution in [3.8, 4) is 0 Å². The Balaban J connectivity index is 1.27. The van der Waals surface area contributed by atoms with Gasteiger partial charge in [0.15, 0.2) is 5.13 Å². The van der Waals surface area contributed by atoms with Gasteiger partial charge in [0.1, 0.15) is 12.6 Å². The Kier molecular flexibility index (Phi) is 6.84. The van der Waals surface area contributed by atoms with Gasteiger partial charge in [-0.25, -0.2) is 13.4 Å². The quantitative estimate of drug-likeness (QED) is 0.367. The van der Waals surface area contributed by atoms with E-state index in [1.54, 1.807) is 24.6 Å². The number of benzene rings is 2. The molecule has 0 saturated carbocycles. The molecule has 4 aromatic rings. The molecule has 1 aliphatic heterocycles. The maximum atomic E-state index is 13.2. The van der Waals surface area contributed by atoms with E-state index in [4.69, 9.17) is 0 Å². The van der Waals surface area contributed by atoms with Crippen molar-refractivity contribution in [1.29, 1.82) is 0 Å². The van der Waals surface area contributed by atoms with Crippen molar-refractivity contribution in [2.45, 2.75) is 24.0 Å². The number of nitrogens with one attached hydrogen (secondary N) is 1. The number of hydrogen-bond acceptors (Lipinski definition) is 6. The lowest BCUT2D eigenvalue weighted by atomic mass is 10.1. The maximum Gasteiger partial charge on any atom is 0.416 e. The number of amides is 2. The number of hydrogen-bond donors (Lipinski definition) is 1. The Bertz CT molecular complexity index is 1630. The number of alkyl halides is 3. The Labute approximate surface area is 225 Å². The van der Waals surface area contributed by atoms with Crippen LogP contribution in [0.3, 0.4) is 0 Å². The molecule has 1 aliphatic rings. The largest absolute Gasteiger partial charge is 0.416 e. The van der Waals surface area contributed by atoms with Gasteiger partial charge in [-0.05, 0) is 54.8 Å². The number of carbonyl (C=O) groups excluding carboxylic acids is 2. The van der Waals surface area contributed by atoms with E-state index in [1.807, 2.05) is 0 Å². The Morgan fingerprint density at radius 3 is 2.49 bits per heavy atom. The lowest BCUT2D eigenvalue weighted by Gasteiger charge is -2.35. The van der Waals surface area contributed by atoms with E-state index < -0.39 is 33.7 Å². The van der Waals surface area contributed by atoms with Gasteiger partial charge in [-0.15, -0.1) is 11.3 Å². The summed E-state index contributed by atoms with van der Waals surface area (Å²) in [6, 6.07) is 9.96. The van der Waals surface area contributed by atoms with Crippen molar-refractivity contribution < 1.29 is 31.2 Å². The van der Waals surface area contributed by atoms with Gasteiger partial charge in [-0.3, -0.25) is 14.3 Å². The molecule has 2 aromatic heterocycles. The van der Waals surface area contributed by atoms with E-state index >= 15 is 0 Å². The molecule has 0 spiro atoms. The number of halogens is 3. The third kappa shape index (κ3) is 5.34. The van der Waals surface area contributed by atoms with Crippen LogP contribution in [0.4, 0.5) is 24.0 Å². The highest BCUT2D eigenvalue weighted by Crippen LogP contribution is 2.33. The number of anilines is 2. The zero-order valence-corrected chi connectivity index (χ0v) is 22.1. The van der Waals surface area contributed by atoms with Gasteiger partial charge in [-0.1, -0.05) is 6.07 Å². The van der Waals surface area contributed by atoms with Crippen molar-refractivity contribution in [3.63, 3.8) is 0 Å². The second-order valence-corrected chi connectivity index (χ2v) is 11.5. The van der Waals surface area contributed by atoms with Crippen LogP contribution in [0, 0.1) is 0 Å². The highest BCUT2D eigenvalue weighted by molar-refractivity contribution is 7.93. The fourth-order valence-electron chi connectivity index (χ4n) is 4.43. The van der Waals surface area contributed by atoms with Crippen LogP contribution in [-0.4, -0.2) is 54.3 Å². The Hall–Kier alpha value is -3.91. The standard InChI is InChI=1S/C25H22F3N5O4S2/c1-16(32-10-8-17-2-3-18(14-21(17)32)25(26,27)28)23(35)31-11-12-33(22(34)15-31)19-4-6-20(7-5-19)39(36,37)30-24-29-9-13-38-24/h2-10,13-14,16H,11-12,15H2,1H3,(H,29,30)/t16-/m0/s1. The first-order valence-corrected chi connectivity index (χ1v) is 14.1. The Morgan fingerprint density at radius 1 is 1.10 bits per heavy atom. The van der Waals surface area contributed by atoms with E-state index in [0.717, 1.165) is 23.5 Å². The lowest BCUT2D eigenvalue weighted by Crippen LogP contribution is -2.53. The first-order valence-electron chi connectivity index (χ1n) is 11.7. The molecule has 14 heteroatoms. The van der Waals surface area contributed by atoms with Crippen molar-refractivity contribution in [2.24, 2.45) is 0 Å². The van der Waals surface area contributed by atoms with Gasteiger partial charge in [0, 0.05) is 42.1 Å². The van der Waals surface area contributed by atoms with Crippen molar-refractivity contribution >= 4 is 54.9 Å². The van der Waals surface area contributed by atoms with Gasteiger partial charge in [0.2, 0.25) is 11.8 Å². The van der Waals surface area contributed by atoms with E-state index in [9.17, 15) is 31.2 Å². The summed E-state index contributed by atoms with van der Waals surface area (Å²) >= 11 is 1.14. The minimum Gasteiger partial charge on any atom is -0.335 e. The topological polar surface area (TPSA) is 105 Å².